The van der Waals surface area contributed by atoms with E-state index in [2.05, 4.69) is 283 Å². The molecule has 5 heteroatoms. The summed E-state index contributed by atoms with van der Waals surface area (Å²) in [6, 6.07) is 87.0. The molecule has 12 aromatic rings. The van der Waals surface area contributed by atoms with Crippen LogP contribution in [-0.4, -0.2) is 0 Å². The highest BCUT2D eigenvalue weighted by molar-refractivity contribution is 7.25. The van der Waals surface area contributed by atoms with Crippen molar-refractivity contribution in [2.24, 2.45) is 0 Å². The summed E-state index contributed by atoms with van der Waals surface area (Å²) in [4.78, 5) is 7.01. The lowest BCUT2D eigenvalue weighted by molar-refractivity contribution is 0.669. The van der Waals surface area contributed by atoms with Crippen molar-refractivity contribution in [3.8, 4) is 11.1 Å². The summed E-state index contributed by atoms with van der Waals surface area (Å²) in [5.74, 6) is 0. The first-order chi connectivity index (χ1) is 35.1. The number of hydrogen-bond acceptors (Lipinski definition) is 5. The number of rotatable bonds is 12. The zero-order valence-corrected chi connectivity index (χ0v) is 40.3. The zero-order valence-electron chi connectivity index (χ0n) is 39.5. The van der Waals surface area contributed by atoms with Gasteiger partial charge in [0.25, 0.3) is 0 Å². The molecule has 0 spiro atoms. The summed E-state index contributed by atoms with van der Waals surface area (Å²) < 4.78 is 9.14. The van der Waals surface area contributed by atoms with Crippen molar-refractivity contribution in [3.05, 3.63) is 266 Å². The minimum Gasteiger partial charge on any atom is -0.456 e. The Kier molecular flexibility index (Phi) is 11.5. The molecule has 0 N–H and O–H groups in total. The molecule has 12 rings (SSSR count). The molecule has 0 atom stereocenters. The lowest BCUT2D eigenvalue weighted by Crippen LogP contribution is -2.10. The van der Waals surface area contributed by atoms with Gasteiger partial charge in [-0.25, -0.2) is 0 Å². The van der Waals surface area contributed by atoms with Gasteiger partial charge < -0.3 is 19.1 Å². The Labute approximate surface area is 418 Å². The molecule has 0 fully saturated rings. The van der Waals surface area contributed by atoms with Crippen molar-refractivity contribution in [2.45, 2.75) is 13.8 Å². The SMILES string of the molecule is C/C=C\C=C(/C)c1ccc(N(c2cccc(-c3ccccc3)c2)c2ccc3sc4cc(N(c5ccccc5)c5ccc6c(c5)oc5ccc(N(c7ccccc7)c7ccccc7)cc56)ccc4c3c2)cc1. The van der Waals surface area contributed by atoms with Crippen molar-refractivity contribution in [1.82, 2.24) is 0 Å². The molecule has 0 unspecified atom stereocenters. The molecule has 2 aromatic heterocycles. The minimum absolute atomic E-state index is 0.839. The molecule has 2 heterocycles. The molecule has 340 valence electrons. The highest BCUT2D eigenvalue weighted by atomic mass is 32.1. The number of para-hydroxylation sites is 3. The number of thiophene rings is 1. The van der Waals surface area contributed by atoms with Gasteiger partial charge in [0, 0.05) is 88.2 Å². The van der Waals surface area contributed by atoms with E-state index in [1.807, 2.05) is 18.3 Å². The van der Waals surface area contributed by atoms with Crippen LogP contribution in [0, 0.1) is 0 Å². The zero-order chi connectivity index (χ0) is 47.7. The Bertz CT molecular complexity index is 3860. The summed E-state index contributed by atoms with van der Waals surface area (Å²) in [6.45, 7) is 4.21. The maximum absolute atomic E-state index is 6.67. The van der Waals surface area contributed by atoms with Crippen LogP contribution < -0.4 is 14.7 Å². The van der Waals surface area contributed by atoms with Gasteiger partial charge >= 0.3 is 0 Å². The molecule has 10 aromatic carbocycles. The number of furan rings is 1. The normalized spacial score (nSPS) is 11.8. The fourth-order valence-corrected chi connectivity index (χ4v) is 10.9. The molecule has 71 heavy (non-hydrogen) atoms. The van der Waals surface area contributed by atoms with E-state index in [4.69, 9.17) is 4.42 Å². The summed E-state index contributed by atoms with van der Waals surface area (Å²) in [5.41, 5.74) is 16.2. The Morgan fingerprint density at radius 2 is 0.845 bits per heavy atom. The molecule has 0 aliphatic rings. The van der Waals surface area contributed by atoms with E-state index in [-0.39, 0.29) is 0 Å². The number of benzene rings is 10. The van der Waals surface area contributed by atoms with Gasteiger partial charge in [0.2, 0.25) is 0 Å². The molecule has 4 nitrogen and oxygen atoms in total. The van der Waals surface area contributed by atoms with Crippen LogP contribution in [0.1, 0.15) is 19.4 Å². The van der Waals surface area contributed by atoms with Crippen molar-refractivity contribution in [1.29, 1.82) is 0 Å². The van der Waals surface area contributed by atoms with Crippen molar-refractivity contribution < 1.29 is 4.42 Å². The van der Waals surface area contributed by atoms with Gasteiger partial charge in [-0.3, -0.25) is 0 Å². The summed E-state index contributed by atoms with van der Waals surface area (Å²) in [7, 11) is 0. The third kappa shape index (κ3) is 8.43. The quantitative estimate of drug-likeness (QED) is 0.114. The van der Waals surface area contributed by atoms with Gasteiger partial charge in [0.1, 0.15) is 11.2 Å². The predicted octanol–water partition coefficient (Wildman–Crippen LogP) is 20.0. The van der Waals surface area contributed by atoms with Crippen molar-refractivity contribution in [3.63, 3.8) is 0 Å². The summed E-state index contributed by atoms with van der Waals surface area (Å²) in [5, 5.41) is 4.60. The van der Waals surface area contributed by atoms with Gasteiger partial charge in [-0.15, -0.1) is 11.3 Å². The molecule has 0 aliphatic carbocycles. The van der Waals surface area contributed by atoms with E-state index in [1.54, 1.807) is 0 Å². The smallest absolute Gasteiger partial charge is 0.137 e. The fourth-order valence-electron chi connectivity index (χ4n) is 9.80. The Balaban J connectivity index is 0.930. The Morgan fingerprint density at radius 1 is 0.366 bits per heavy atom. The molecule has 0 amide bonds. The highest BCUT2D eigenvalue weighted by Gasteiger charge is 2.21. The maximum Gasteiger partial charge on any atom is 0.137 e. The second kappa shape index (κ2) is 18.9. The second-order valence-corrected chi connectivity index (χ2v) is 18.9. The average Bonchev–Trinajstić information content (AvgIpc) is 3.99. The van der Waals surface area contributed by atoms with Crippen molar-refractivity contribution >= 4 is 110 Å². The Morgan fingerprint density at radius 3 is 1.49 bits per heavy atom. The minimum atomic E-state index is 0.839. The number of anilines is 9. The van der Waals surface area contributed by atoms with Crippen LogP contribution in [0.4, 0.5) is 51.2 Å². The summed E-state index contributed by atoms with van der Waals surface area (Å²) in [6.07, 6.45) is 6.32. The predicted molar refractivity (Wildman–Crippen MR) is 305 cm³/mol. The largest absolute Gasteiger partial charge is 0.456 e. The average molecular weight is 932 g/mol. The lowest BCUT2D eigenvalue weighted by atomic mass is 10.0. The topological polar surface area (TPSA) is 22.9 Å². The van der Waals surface area contributed by atoms with Gasteiger partial charge in [-0.1, -0.05) is 133 Å². The molecule has 0 bridgehead atoms. The van der Waals surface area contributed by atoms with Crippen LogP contribution in [0.2, 0.25) is 0 Å². The molecular weight excluding hydrogens is 883 g/mol. The third-order valence-corrected chi connectivity index (χ3v) is 14.4. The molecule has 0 saturated heterocycles. The highest BCUT2D eigenvalue weighted by Crippen LogP contribution is 2.46. The fraction of sp³-hybridized carbons (Fsp3) is 0.0303. The second-order valence-electron chi connectivity index (χ2n) is 17.8. The van der Waals surface area contributed by atoms with E-state index in [1.165, 1.54) is 42.4 Å². The number of nitrogens with zero attached hydrogens (tertiary/aromatic N) is 3. The maximum atomic E-state index is 6.67. The van der Waals surface area contributed by atoms with Crippen LogP contribution in [0.25, 0.3) is 58.8 Å². The first-order valence-corrected chi connectivity index (χ1v) is 24.9. The molecule has 0 aliphatic heterocycles. The van der Waals surface area contributed by atoms with Gasteiger partial charge in [-0.05, 0) is 157 Å². The Hall–Kier alpha value is -8.90. The third-order valence-electron chi connectivity index (χ3n) is 13.3. The monoisotopic (exact) mass is 931 g/mol. The van der Waals surface area contributed by atoms with Gasteiger partial charge in [-0.2, -0.15) is 0 Å². The first kappa shape index (κ1) is 43.4. The van der Waals surface area contributed by atoms with Crippen LogP contribution in [-0.2, 0) is 0 Å². The number of fused-ring (bicyclic) bond motifs is 6. The van der Waals surface area contributed by atoms with E-state index < -0.39 is 0 Å². The van der Waals surface area contributed by atoms with Gasteiger partial charge in [0.15, 0.2) is 0 Å². The van der Waals surface area contributed by atoms with Gasteiger partial charge in [0.05, 0.1) is 0 Å². The van der Waals surface area contributed by atoms with Crippen LogP contribution in [0.15, 0.2) is 265 Å². The molecule has 0 saturated carbocycles. The number of allylic oxidation sites excluding steroid dienone is 4. The molecule has 0 radical (unpaired) electrons. The van der Waals surface area contributed by atoms with Crippen molar-refractivity contribution in [2.75, 3.05) is 14.7 Å². The molecular formula is C66H49N3OS. The van der Waals surface area contributed by atoms with E-state index in [9.17, 15) is 0 Å². The van der Waals surface area contributed by atoms with E-state index in [0.29, 0.717) is 0 Å². The van der Waals surface area contributed by atoms with E-state index >= 15 is 0 Å². The van der Waals surface area contributed by atoms with Crippen LogP contribution in [0.5, 0.6) is 0 Å². The van der Waals surface area contributed by atoms with E-state index in [0.717, 1.165) is 73.1 Å². The first-order valence-electron chi connectivity index (χ1n) is 24.1. The summed E-state index contributed by atoms with van der Waals surface area (Å²) >= 11 is 1.83. The van der Waals surface area contributed by atoms with Crippen LogP contribution in [0.3, 0.4) is 0 Å². The number of hydrogen-bond donors (Lipinski definition) is 0. The standard InChI is InChI=1S/C66H49N3OS/c1-3-4-18-46(2)47-29-31-53(32-30-47)69(54-28-17-21-49(41-54)48-19-9-5-10-20-48)56-36-40-65-62(43-56)60-38-34-58(45-66(60)71-65)68(52-26-15-8-16-27-52)57-33-37-59-61-42-55(35-39-63(61)70-64(59)44-57)67(50-22-11-6-12-23-50)51-24-13-7-14-25-51/h3-45H,1-2H3/b4-3-,46-18+. The lowest BCUT2D eigenvalue weighted by Gasteiger charge is -2.26. The van der Waals surface area contributed by atoms with Crippen LogP contribution >= 0.6 is 11.3 Å².